The van der Waals surface area contributed by atoms with Crippen LogP contribution in [0.2, 0.25) is 0 Å². The van der Waals surface area contributed by atoms with Crippen LogP contribution >= 0.6 is 0 Å². The van der Waals surface area contributed by atoms with Gasteiger partial charge in [0.25, 0.3) is 0 Å². The molecule has 1 rings (SSSR count). The minimum atomic E-state index is 0.901. The highest BCUT2D eigenvalue weighted by atomic mass is 14.9. The fraction of sp³-hybridized carbons (Fsp3) is 0.818. The van der Waals surface area contributed by atoms with Crippen molar-refractivity contribution >= 4 is 0 Å². The lowest BCUT2D eigenvalue weighted by atomic mass is 9.83. The second-order valence-electron chi connectivity index (χ2n) is 4.29. The SMILES string of the molecule is C=C(C)NCC1CCC(C)CC1. The Bertz CT molecular complexity index is 143. The average molecular weight is 167 g/mol. The van der Waals surface area contributed by atoms with Crippen LogP contribution in [0.15, 0.2) is 12.3 Å². The molecular weight excluding hydrogens is 146 g/mol. The van der Waals surface area contributed by atoms with Gasteiger partial charge in [-0.2, -0.15) is 0 Å². The molecule has 0 aromatic carbocycles. The van der Waals surface area contributed by atoms with E-state index in [2.05, 4.69) is 18.8 Å². The summed E-state index contributed by atoms with van der Waals surface area (Å²) in [4.78, 5) is 0. The van der Waals surface area contributed by atoms with Gasteiger partial charge >= 0.3 is 0 Å². The number of hydrogen-bond donors (Lipinski definition) is 1. The maximum atomic E-state index is 3.84. The van der Waals surface area contributed by atoms with E-state index in [0.717, 1.165) is 24.1 Å². The number of hydrogen-bond acceptors (Lipinski definition) is 1. The Hall–Kier alpha value is -0.460. The third-order valence-corrected chi connectivity index (χ3v) is 2.83. The molecule has 70 valence electrons. The van der Waals surface area contributed by atoms with Gasteiger partial charge in [-0.15, -0.1) is 0 Å². The van der Waals surface area contributed by atoms with Gasteiger partial charge in [0, 0.05) is 12.2 Å². The van der Waals surface area contributed by atoms with Crippen molar-refractivity contribution in [1.82, 2.24) is 5.32 Å². The molecule has 0 bridgehead atoms. The predicted molar refractivity (Wildman–Crippen MR) is 53.9 cm³/mol. The summed E-state index contributed by atoms with van der Waals surface area (Å²) < 4.78 is 0. The van der Waals surface area contributed by atoms with Crippen LogP contribution in [0.25, 0.3) is 0 Å². The molecule has 0 unspecified atom stereocenters. The fourth-order valence-electron chi connectivity index (χ4n) is 1.85. The molecule has 0 heterocycles. The summed E-state index contributed by atoms with van der Waals surface area (Å²) in [5.41, 5.74) is 1.11. The van der Waals surface area contributed by atoms with Gasteiger partial charge in [0.15, 0.2) is 0 Å². The fourth-order valence-corrected chi connectivity index (χ4v) is 1.85. The Balaban J connectivity index is 2.13. The van der Waals surface area contributed by atoms with Crippen molar-refractivity contribution in [2.45, 2.75) is 39.5 Å². The first-order valence-corrected chi connectivity index (χ1v) is 5.08. The Kier molecular flexibility index (Phi) is 3.64. The summed E-state index contributed by atoms with van der Waals surface area (Å²) in [5, 5.41) is 3.34. The smallest absolute Gasteiger partial charge is 0.0172 e. The lowest BCUT2D eigenvalue weighted by Crippen LogP contribution is -2.24. The minimum absolute atomic E-state index is 0.901. The standard InChI is InChI=1S/C11H21N/c1-9(2)12-8-11-6-4-10(3)5-7-11/h10-12H,1,4-8H2,2-3H3. The highest BCUT2D eigenvalue weighted by Crippen LogP contribution is 2.27. The van der Waals surface area contributed by atoms with E-state index >= 15 is 0 Å². The lowest BCUT2D eigenvalue weighted by molar-refractivity contribution is 0.287. The van der Waals surface area contributed by atoms with E-state index in [1.165, 1.54) is 25.7 Å². The van der Waals surface area contributed by atoms with Crippen molar-refractivity contribution in [3.63, 3.8) is 0 Å². The second-order valence-corrected chi connectivity index (χ2v) is 4.29. The molecule has 0 atom stereocenters. The second kappa shape index (κ2) is 4.54. The highest BCUT2D eigenvalue weighted by Gasteiger charge is 2.17. The molecule has 1 saturated carbocycles. The summed E-state index contributed by atoms with van der Waals surface area (Å²) in [5.74, 6) is 1.86. The van der Waals surface area contributed by atoms with Gasteiger partial charge in [-0.1, -0.05) is 26.3 Å². The van der Waals surface area contributed by atoms with Crippen molar-refractivity contribution < 1.29 is 0 Å². The van der Waals surface area contributed by atoms with Gasteiger partial charge in [-0.25, -0.2) is 0 Å². The van der Waals surface area contributed by atoms with Gasteiger partial charge < -0.3 is 5.32 Å². The van der Waals surface area contributed by atoms with Crippen molar-refractivity contribution in [3.05, 3.63) is 12.3 Å². The molecule has 0 aromatic heterocycles. The quantitative estimate of drug-likeness (QED) is 0.681. The van der Waals surface area contributed by atoms with E-state index in [4.69, 9.17) is 0 Å². The molecule has 1 aliphatic rings. The Morgan fingerprint density at radius 3 is 2.42 bits per heavy atom. The lowest BCUT2D eigenvalue weighted by Gasteiger charge is -2.26. The van der Waals surface area contributed by atoms with E-state index < -0.39 is 0 Å². The zero-order valence-electron chi connectivity index (χ0n) is 8.40. The summed E-state index contributed by atoms with van der Waals surface area (Å²) in [7, 11) is 0. The van der Waals surface area contributed by atoms with E-state index in [1.807, 2.05) is 6.92 Å². The highest BCUT2D eigenvalue weighted by molar-refractivity contribution is 4.85. The normalized spacial score (nSPS) is 29.8. The van der Waals surface area contributed by atoms with Gasteiger partial charge in [-0.3, -0.25) is 0 Å². The largest absolute Gasteiger partial charge is 0.389 e. The molecule has 12 heavy (non-hydrogen) atoms. The van der Waals surface area contributed by atoms with Crippen LogP contribution in [0.4, 0.5) is 0 Å². The van der Waals surface area contributed by atoms with Crippen molar-refractivity contribution in [3.8, 4) is 0 Å². The predicted octanol–water partition coefficient (Wildman–Crippen LogP) is 2.94. The third-order valence-electron chi connectivity index (χ3n) is 2.83. The Morgan fingerprint density at radius 1 is 1.33 bits per heavy atom. The first-order chi connectivity index (χ1) is 5.68. The van der Waals surface area contributed by atoms with Crippen LogP contribution in [0.3, 0.4) is 0 Å². The monoisotopic (exact) mass is 167 g/mol. The Morgan fingerprint density at radius 2 is 1.92 bits per heavy atom. The summed E-state index contributed by atoms with van der Waals surface area (Å²) >= 11 is 0. The molecule has 0 amide bonds. The number of allylic oxidation sites excluding steroid dienone is 1. The van der Waals surface area contributed by atoms with E-state index in [0.29, 0.717) is 0 Å². The van der Waals surface area contributed by atoms with E-state index in [-0.39, 0.29) is 0 Å². The van der Waals surface area contributed by atoms with E-state index in [1.54, 1.807) is 0 Å². The van der Waals surface area contributed by atoms with Crippen molar-refractivity contribution in [2.75, 3.05) is 6.54 Å². The summed E-state index contributed by atoms with van der Waals surface area (Å²) in [6.07, 6.45) is 5.65. The maximum Gasteiger partial charge on any atom is 0.0172 e. The Labute approximate surface area is 76.2 Å². The third kappa shape index (κ3) is 3.29. The molecule has 0 aromatic rings. The zero-order valence-corrected chi connectivity index (χ0v) is 8.40. The number of nitrogens with one attached hydrogen (secondary N) is 1. The van der Waals surface area contributed by atoms with Crippen LogP contribution in [-0.4, -0.2) is 6.54 Å². The first kappa shape index (κ1) is 9.63. The molecule has 0 aliphatic heterocycles. The van der Waals surface area contributed by atoms with Crippen molar-refractivity contribution in [1.29, 1.82) is 0 Å². The molecular formula is C11H21N. The molecule has 1 N–H and O–H groups in total. The summed E-state index contributed by atoms with van der Waals surface area (Å²) in [6.45, 7) is 9.38. The van der Waals surface area contributed by atoms with Crippen molar-refractivity contribution in [2.24, 2.45) is 11.8 Å². The molecule has 1 nitrogen and oxygen atoms in total. The van der Waals surface area contributed by atoms with Gasteiger partial charge in [0.05, 0.1) is 0 Å². The molecule has 1 fully saturated rings. The van der Waals surface area contributed by atoms with Gasteiger partial charge in [0.2, 0.25) is 0 Å². The molecule has 0 radical (unpaired) electrons. The first-order valence-electron chi connectivity index (χ1n) is 5.08. The summed E-state index contributed by atoms with van der Waals surface area (Å²) in [6, 6.07) is 0. The average Bonchev–Trinajstić information content (AvgIpc) is 2.03. The maximum absolute atomic E-state index is 3.84. The topological polar surface area (TPSA) is 12.0 Å². The van der Waals surface area contributed by atoms with E-state index in [9.17, 15) is 0 Å². The van der Waals surface area contributed by atoms with Crippen LogP contribution in [-0.2, 0) is 0 Å². The van der Waals surface area contributed by atoms with Crippen LogP contribution in [0.1, 0.15) is 39.5 Å². The minimum Gasteiger partial charge on any atom is -0.389 e. The van der Waals surface area contributed by atoms with Crippen LogP contribution in [0, 0.1) is 11.8 Å². The van der Waals surface area contributed by atoms with Gasteiger partial charge in [0.1, 0.15) is 0 Å². The van der Waals surface area contributed by atoms with Gasteiger partial charge in [-0.05, 0) is 31.6 Å². The molecule has 0 spiro atoms. The number of rotatable bonds is 3. The molecule has 1 aliphatic carbocycles. The van der Waals surface area contributed by atoms with Crippen LogP contribution in [0.5, 0.6) is 0 Å². The molecule has 0 saturated heterocycles. The van der Waals surface area contributed by atoms with Crippen LogP contribution < -0.4 is 5.32 Å². The molecule has 1 heteroatoms. The zero-order chi connectivity index (χ0) is 8.97.